The maximum absolute atomic E-state index is 14.3. The third kappa shape index (κ3) is 2.76. The van der Waals surface area contributed by atoms with Gasteiger partial charge >= 0.3 is 6.09 Å². The third-order valence-corrected chi connectivity index (χ3v) is 5.31. The van der Waals surface area contributed by atoms with E-state index >= 15 is 0 Å². The molecule has 2 heterocycles. The number of aromatic nitrogens is 1. The molecule has 4 rings (SSSR count). The third-order valence-electron chi connectivity index (χ3n) is 5.09. The molecule has 26 heavy (non-hydrogen) atoms. The van der Waals surface area contributed by atoms with E-state index < -0.39 is 17.5 Å². The first kappa shape index (κ1) is 17.3. The predicted octanol–water partition coefficient (Wildman–Crippen LogP) is 4.15. The summed E-state index contributed by atoms with van der Waals surface area (Å²) in [5.41, 5.74) is 0.0922. The molecule has 0 unspecified atom stereocenters. The predicted molar refractivity (Wildman–Crippen MR) is 97.0 cm³/mol. The number of ether oxygens (including phenoxy) is 1. The number of H-pyrrole nitrogens is 1. The number of pyridine rings is 1. The fraction of sp³-hybridized carbons (Fsp3) is 0.474. The fourth-order valence-corrected chi connectivity index (χ4v) is 3.92. The quantitative estimate of drug-likeness (QED) is 0.749. The Bertz CT molecular complexity index is 989. The number of halogens is 2. The van der Waals surface area contributed by atoms with Crippen molar-refractivity contribution in [3.8, 4) is 0 Å². The van der Waals surface area contributed by atoms with Crippen LogP contribution in [0, 0.1) is 5.82 Å². The molecule has 1 spiro atoms. The summed E-state index contributed by atoms with van der Waals surface area (Å²) in [6, 6.07) is 2.80. The number of amides is 1. The molecule has 0 atom stereocenters. The van der Waals surface area contributed by atoms with Gasteiger partial charge in [0.2, 0.25) is 0 Å². The molecule has 1 amide bonds. The molecular formula is C19H20ClFN2O3. The van der Waals surface area contributed by atoms with Crippen LogP contribution < -0.4 is 5.56 Å². The van der Waals surface area contributed by atoms with Crippen molar-refractivity contribution in [1.29, 1.82) is 0 Å². The van der Waals surface area contributed by atoms with Crippen LogP contribution in [0.25, 0.3) is 10.9 Å². The second kappa shape index (κ2) is 5.46. The van der Waals surface area contributed by atoms with Crippen molar-refractivity contribution in [1.82, 2.24) is 9.88 Å². The fourth-order valence-electron chi connectivity index (χ4n) is 3.71. The number of benzene rings is 1. The summed E-state index contributed by atoms with van der Waals surface area (Å²) in [5.74, 6) is -0.581. The zero-order chi connectivity index (χ0) is 18.9. The SMILES string of the molecule is CC(C)(C)OC(=O)N1Cc2c(c(=O)[nH]c3c(F)cc(Cl)cc23)CC12CC2. The van der Waals surface area contributed by atoms with Crippen LogP contribution in [0.3, 0.4) is 0 Å². The zero-order valence-corrected chi connectivity index (χ0v) is 15.7. The molecule has 7 heteroatoms. The minimum atomic E-state index is -0.612. The number of rotatable bonds is 0. The van der Waals surface area contributed by atoms with Crippen molar-refractivity contribution in [2.45, 2.75) is 57.7 Å². The van der Waals surface area contributed by atoms with Gasteiger partial charge in [-0.15, -0.1) is 0 Å². The van der Waals surface area contributed by atoms with Gasteiger partial charge in [-0.05, 0) is 51.3 Å². The maximum Gasteiger partial charge on any atom is 0.411 e. The highest BCUT2D eigenvalue weighted by Gasteiger charge is 2.54. The summed E-state index contributed by atoms with van der Waals surface area (Å²) in [4.78, 5) is 29.6. The van der Waals surface area contributed by atoms with E-state index in [4.69, 9.17) is 16.3 Å². The van der Waals surface area contributed by atoms with Crippen molar-refractivity contribution in [2.75, 3.05) is 0 Å². The summed E-state index contributed by atoms with van der Waals surface area (Å²) in [5, 5.41) is 0.786. The van der Waals surface area contributed by atoms with E-state index in [1.54, 1.807) is 11.0 Å². The normalized spacial score (nSPS) is 18.1. The van der Waals surface area contributed by atoms with Gasteiger partial charge in [0, 0.05) is 22.4 Å². The smallest absolute Gasteiger partial charge is 0.411 e. The van der Waals surface area contributed by atoms with Crippen LogP contribution in [0.2, 0.25) is 5.02 Å². The number of hydrogen-bond acceptors (Lipinski definition) is 3. The average molecular weight is 379 g/mol. The van der Waals surface area contributed by atoms with Crippen LogP contribution in [0.1, 0.15) is 44.7 Å². The van der Waals surface area contributed by atoms with Gasteiger partial charge in [-0.1, -0.05) is 11.6 Å². The summed E-state index contributed by atoms with van der Waals surface area (Å²) in [6.07, 6.45) is 1.69. The number of carbonyl (C=O) groups is 1. The summed E-state index contributed by atoms with van der Waals surface area (Å²) in [6.45, 7) is 5.66. The van der Waals surface area contributed by atoms with Gasteiger partial charge in [-0.25, -0.2) is 9.18 Å². The Kier molecular flexibility index (Phi) is 3.64. The lowest BCUT2D eigenvalue weighted by molar-refractivity contribution is 0.00837. The summed E-state index contributed by atoms with van der Waals surface area (Å²) in [7, 11) is 0. The van der Waals surface area contributed by atoms with E-state index in [9.17, 15) is 14.0 Å². The number of nitrogens with zero attached hydrogens (tertiary/aromatic N) is 1. The minimum Gasteiger partial charge on any atom is -0.444 e. The average Bonchev–Trinajstić information content (AvgIpc) is 3.26. The Morgan fingerprint density at radius 1 is 1.31 bits per heavy atom. The Labute approximate surface area is 155 Å². The number of aromatic amines is 1. The van der Waals surface area contributed by atoms with Crippen molar-refractivity contribution in [3.05, 3.63) is 44.5 Å². The monoisotopic (exact) mass is 378 g/mol. The molecule has 0 bridgehead atoms. The first-order valence-corrected chi connectivity index (χ1v) is 9.01. The van der Waals surface area contributed by atoms with Gasteiger partial charge in [0.05, 0.1) is 17.6 Å². The van der Waals surface area contributed by atoms with Gasteiger partial charge in [0.15, 0.2) is 0 Å². The maximum atomic E-state index is 14.3. The highest BCUT2D eigenvalue weighted by atomic mass is 35.5. The van der Waals surface area contributed by atoms with Crippen LogP contribution >= 0.6 is 11.6 Å². The Morgan fingerprint density at radius 2 is 2.00 bits per heavy atom. The van der Waals surface area contributed by atoms with Gasteiger partial charge in [-0.3, -0.25) is 9.69 Å². The molecule has 5 nitrogen and oxygen atoms in total. The summed E-state index contributed by atoms with van der Waals surface area (Å²) >= 11 is 6.02. The van der Waals surface area contributed by atoms with Gasteiger partial charge in [0.25, 0.3) is 5.56 Å². The number of fused-ring (bicyclic) bond motifs is 3. The lowest BCUT2D eigenvalue weighted by Crippen LogP contribution is -2.49. The summed E-state index contributed by atoms with van der Waals surface area (Å²) < 4.78 is 19.8. The van der Waals surface area contributed by atoms with E-state index in [1.807, 2.05) is 20.8 Å². The molecule has 1 fully saturated rings. The highest BCUT2D eigenvalue weighted by molar-refractivity contribution is 6.31. The Morgan fingerprint density at radius 3 is 2.62 bits per heavy atom. The van der Waals surface area contributed by atoms with Gasteiger partial charge < -0.3 is 9.72 Å². The lowest BCUT2D eigenvalue weighted by Gasteiger charge is -2.38. The molecule has 0 radical (unpaired) electrons. The molecule has 1 aromatic heterocycles. The van der Waals surface area contributed by atoms with E-state index in [0.29, 0.717) is 22.9 Å². The van der Waals surface area contributed by atoms with E-state index in [2.05, 4.69) is 4.98 Å². The molecule has 1 saturated carbocycles. The first-order valence-electron chi connectivity index (χ1n) is 8.63. The van der Waals surface area contributed by atoms with E-state index in [-0.39, 0.29) is 28.2 Å². The van der Waals surface area contributed by atoms with Crippen molar-refractivity contribution < 1.29 is 13.9 Å². The molecule has 1 aromatic carbocycles. The largest absolute Gasteiger partial charge is 0.444 e. The van der Waals surface area contributed by atoms with Crippen LogP contribution in [0.4, 0.5) is 9.18 Å². The number of hydrogen-bond donors (Lipinski definition) is 1. The second-order valence-corrected chi connectivity index (χ2v) is 8.63. The van der Waals surface area contributed by atoms with Crippen molar-refractivity contribution >= 4 is 28.6 Å². The lowest BCUT2D eigenvalue weighted by atomic mass is 9.91. The van der Waals surface area contributed by atoms with Crippen LogP contribution in [0.15, 0.2) is 16.9 Å². The van der Waals surface area contributed by atoms with Gasteiger partial charge in [0.1, 0.15) is 11.4 Å². The van der Waals surface area contributed by atoms with Crippen LogP contribution in [0.5, 0.6) is 0 Å². The van der Waals surface area contributed by atoms with Crippen LogP contribution in [-0.2, 0) is 17.7 Å². The van der Waals surface area contributed by atoms with E-state index in [0.717, 1.165) is 12.8 Å². The number of carbonyl (C=O) groups excluding carboxylic acids is 1. The van der Waals surface area contributed by atoms with Gasteiger partial charge in [-0.2, -0.15) is 0 Å². The molecule has 0 saturated heterocycles. The Balaban J connectivity index is 1.86. The van der Waals surface area contributed by atoms with Crippen molar-refractivity contribution in [2.24, 2.45) is 0 Å². The molecule has 1 aliphatic carbocycles. The molecule has 2 aliphatic rings. The van der Waals surface area contributed by atoms with E-state index in [1.165, 1.54) is 6.07 Å². The zero-order valence-electron chi connectivity index (χ0n) is 14.9. The molecular weight excluding hydrogens is 359 g/mol. The minimum absolute atomic E-state index is 0.119. The molecule has 2 aromatic rings. The molecule has 138 valence electrons. The highest BCUT2D eigenvalue weighted by Crippen LogP contribution is 2.49. The first-order chi connectivity index (χ1) is 12.1. The van der Waals surface area contributed by atoms with Crippen molar-refractivity contribution in [3.63, 3.8) is 0 Å². The second-order valence-electron chi connectivity index (χ2n) is 8.19. The molecule has 1 N–H and O–H groups in total. The standard InChI is InChI=1S/C19H20ClFN2O3/c1-18(2,3)26-17(25)23-9-13-11-6-10(20)7-14(21)15(11)22-16(24)12(13)8-19(23)4-5-19/h6-7H,4-5,8-9H2,1-3H3,(H,22,24). The molecule has 1 aliphatic heterocycles. The Hall–Kier alpha value is -2.08. The van der Waals surface area contributed by atoms with Crippen LogP contribution in [-0.4, -0.2) is 27.1 Å². The number of nitrogens with one attached hydrogen (secondary N) is 1. The topological polar surface area (TPSA) is 62.4 Å².